The maximum absolute atomic E-state index is 13.0. The Morgan fingerprint density at radius 2 is 1.75 bits per heavy atom. The van der Waals surface area contributed by atoms with Gasteiger partial charge in [0.1, 0.15) is 0 Å². The van der Waals surface area contributed by atoms with Crippen LogP contribution in [0, 0.1) is 24.7 Å². The molecular weight excluding hydrogens is 370 g/mol. The van der Waals surface area contributed by atoms with Gasteiger partial charge in [-0.25, -0.2) is 0 Å². The van der Waals surface area contributed by atoms with Gasteiger partial charge in [-0.05, 0) is 92.7 Å². The van der Waals surface area contributed by atoms with Crippen molar-refractivity contribution in [3.05, 3.63) is 29.8 Å². The van der Waals surface area contributed by atoms with Crippen molar-refractivity contribution in [1.82, 2.24) is 25.5 Å². The molecule has 1 heterocycles. The van der Waals surface area contributed by atoms with E-state index < -0.39 is 0 Å². The lowest BCUT2D eigenvalue weighted by molar-refractivity contribution is -0.126. The molecule has 2 aromatic rings. The number of nitrogens with one attached hydrogen (secondary N) is 1. The molecule has 4 aliphatic carbocycles. The third-order valence-electron chi connectivity index (χ3n) is 6.80. The quantitative estimate of drug-likeness (QED) is 0.782. The molecule has 1 N–H and O–H groups in total. The maximum atomic E-state index is 13.0. The van der Waals surface area contributed by atoms with Gasteiger partial charge in [0.15, 0.2) is 0 Å². The summed E-state index contributed by atoms with van der Waals surface area (Å²) in [6.45, 7) is 4.00. The van der Waals surface area contributed by atoms with Crippen LogP contribution in [-0.2, 0) is 4.79 Å². The first-order valence-corrected chi connectivity index (χ1v) is 11.2. The number of thioether (sulfide) groups is 1. The second kappa shape index (κ2) is 6.87. The number of aromatic nitrogens is 4. The van der Waals surface area contributed by atoms with Crippen LogP contribution in [0.25, 0.3) is 5.69 Å². The molecule has 0 saturated heterocycles. The molecule has 0 unspecified atom stereocenters. The maximum Gasteiger partial charge on any atom is 0.233 e. The van der Waals surface area contributed by atoms with Crippen LogP contribution in [0.1, 0.15) is 51.0 Å². The van der Waals surface area contributed by atoms with E-state index in [0.29, 0.717) is 5.16 Å². The Morgan fingerprint density at radius 3 is 2.36 bits per heavy atom. The molecule has 0 radical (unpaired) electrons. The predicted molar refractivity (Wildman–Crippen MR) is 108 cm³/mol. The van der Waals surface area contributed by atoms with Gasteiger partial charge in [0.05, 0.1) is 10.9 Å². The lowest BCUT2D eigenvalue weighted by Crippen LogP contribution is -2.60. The van der Waals surface area contributed by atoms with E-state index in [9.17, 15) is 4.79 Å². The third kappa shape index (κ3) is 3.34. The predicted octanol–water partition coefficient (Wildman–Crippen LogP) is 3.54. The number of nitrogens with zero attached hydrogens (tertiary/aromatic N) is 4. The summed E-state index contributed by atoms with van der Waals surface area (Å²) in [5.74, 6) is 2.58. The molecule has 7 heteroatoms. The van der Waals surface area contributed by atoms with Gasteiger partial charge in [0, 0.05) is 5.54 Å². The molecule has 0 spiro atoms. The number of carbonyl (C=O) groups excluding carboxylic acids is 1. The van der Waals surface area contributed by atoms with Crippen molar-refractivity contribution in [1.29, 1.82) is 0 Å². The molecule has 1 aromatic carbocycles. The van der Waals surface area contributed by atoms with Crippen molar-refractivity contribution >= 4 is 17.7 Å². The van der Waals surface area contributed by atoms with Crippen LogP contribution in [0.5, 0.6) is 0 Å². The molecule has 4 aliphatic rings. The second-order valence-electron chi connectivity index (χ2n) is 9.16. The largest absolute Gasteiger partial charge is 0.350 e. The summed E-state index contributed by atoms with van der Waals surface area (Å²) in [6, 6.07) is 8.06. The first-order valence-electron chi connectivity index (χ1n) is 10.3. The zero-order valence-electron chi connectivity index (χ0n) is 16.5. The van der Waals surface area contributed by atoms with Crippen molar-refractivity contribution in [2.75, 3.05) is 0 Å². The lowest BCUT2D eigenvalue weighted by atomic mass is 9.53. The van der Waals surface area contributed by atoms with E-state index in [1.165, 1.54) is 55.9 Å². The number of rotatable bonds is 5. The average molecular weight is 398 g/mol. The molecule has 0 aliphatic heterocycles. The number of tetrazole rings is 1. The summed E-state index contributed by atoms with van der Waals surface area (Å²) in [5.41, 5.74) is 2.14. The molecule has 6 nitrogen and oxygen atoms in total. The van der Waals surface area contributed by atoms with Gasteiger partial charge >= 0.3 is 0 Å². The molecule has 4 saturated carbocycles. The number of amides is 1. The zero-order valence-corrected chi connectivity index (χ0v) is 17.3. The topological polar surface area (TPSA) is 72.7 Å². The average Bonchev–Trinajstić information content (AvgIpc) is 3.09. The minimum absolute atomic E-state index is 0.0452. The van der Waals surface area contributed by atoms with E-state index in [0.717, 1.165) is 23.4 Å². The Bertz CT molecular complexity index is 842. The number of benzene rings is 1. The van der Waals surface area contributed by atoms with Crippen LogP contribution < -0.4 is 5.32 Å². The Morgan fingerprint density at radius 1 is 1.14 bits per heavy atom. The van der Waals surface area contributed by atoms with E-state index >= 15 is 0 Å². The normalized spacial score (nSPS) is 31.7. The van der Waals surface area contributed by atoms with E-state index in [4.69, 9.17) is 0 Å². The van der Waals surface area contributed by atoms with Gasteiger partial charge in [-0.15, -0.1) is 5.10 Å². The second-order valence-corrected chi connectivity index (χ2v) is 10.5. The minimum Gasteiger partial charge on any atom is -0.350 e. The first-order chi connectivity index (χ1) is 13.5. The van der Waals surface area contributed by atoms with Crippen LogP contribution in [0.3, 0.4) is 0 Å². The number of hydrogen-bond donors (Lipinski definition) is 1. The fraction of sp³-hybridized carbons (Fsp3) is 0.619. The molecule has 1 amide bonds. The van der Waals surface area contributed by atoms with E-state index in [1.54, 1.807) is 4.68 Å². The zero-order chi connectivity index (χ0) is 19.3. The Labute approximate surface area is 169 Å². The minimum atomic E-state index is -0.233. The fourth-order valence-electron chi connectivity index (χ4n) is 5.94. The highest BCUT2D eigenvalue weighted by Crippen LogP contribution is 2.55. The molecule has 4 bridgehead atoms. The van der Waals surface area contributed by atoms with Crippen LogP contribution in [-0.4, -0.2) is 36.9 Å². The van der Waals surface area contributed by atoms with Crippen molar-refractivity contribution < 1.29 is 4.79 Å². The fourth-order valence-corrected chi connectivity index (χ4v) is 6.75. The Kier molecular flexibility index (Phi) is 4.45. The molecule has 4 fully saturated rings. The third-order valence-corrected chi connectivity index (χ3v) is 7.83. The summed E-state index contributed by atoms with van der Waals surface area (Å²) < 4.78 is 1.71. The summed E-state index contributed by atoms with van der Waals surface area (Å²) in [5, 5.41) is 16.0. The molecule has 6 rings (SSSR count). The lowest BCUT2D eigenvalue weighted by Gasteiger charge is -2.57. The van der Waals surface area contributed by atoms with Gasteiger partial charge in [0.25, 0.3) is 0 Å². The van der Waals surface area contributed by atoms with Gasteiger partial charge < -0.3 is 5.32 Å². The van der Waals surface area contributed by atoms with Gasteiger partial charge in [-0.3, -0.25) is 4.79 Å². The van der Waals surface area contributed by atoms with Gasteiger partial charge in [-0.1, -0.05) is 29.5 Å². The Hall–Kier alpha value is -1.89. The summed E-state index contributed by atoms with van der Waals surface area (Å²) in [6.07, 6.45) is 7.65. The summed E-state index contributed by atoms with van der Waals surface area (Å²) in [4.78, 5) is 13.0. The highest BCUT2D eigenvalue weighted by atomic mass is 32.2. The molecule has 1 aromatic heterocycles. The van der Waals surface area contributed by atoms with Crippen molar-refractivity contribution in [3.8, 4) is 5.69 Å². The van der Waals surface area contributed by atoms with Gasteiger partial charge in [-0.2, -0.15) is 4.68 Å². The van der Waals surface area contributed by atoms with E-state index in [1.807, 2.05) is 31.2 Å². The summed E-state index contributed by atoms with van der Waals surface area (Å²) in [7, 11) is 0. The SMILES string of the molecule is Cc1ccc(-n2nnnc2S[C@@H](C)C(=O)NC23CC4CC(CC(C4)C2)C3)cc1. The number of carbonyl (C=O) groups is 1. The Balaban J connectivity index is 1.28. The highest BCUT2D eigenvalue weighted by Gasteiger charge is 2.51. The smallest absolute Gasteiger partial charge is 0.233 e. The van der Waals surface area contributed by atoms with E-state index in [2.05, 4.69) is 27.8 Å². The van der Waals surface area contributed by atoms with E-state index in [-0.39, 0.29) is 16.7 Å². The van der Waals surface area contributed by atoms with Crippen LogP contribution in [0.2, 0.25) is 0 Å². The molecule has 1 atom stereocenters. The van der Waals surface area contributed by atoms with Gasteiger partial charge in [0.2, 0.25) is 11.1 Å². The first kappa shape index (κ1) is 18.2. The highest BCUT2D eigenvalue weighted by molar-refractivity contribution is 8.00. The van der Waals surface area contributed by atoms with Crippen LogP contribution >= 0.6 is 11.8 Å². The number of hydrogen-bond acceptors (Lipinski definition) is 5. The molecule has 148 valence electrons. The molecule has 28 heavy (non-hydrogen) atoms. The monoisotopic (exact) mass is 397 g/mol. The summed E-state index contributed by atoms with van der Waals surface area (Å²) >= 11 is 1.43. The standard InChI is InChI=1S/C21H27N5OS/c1-13-3-5-18(6-4-13)26-20(23-24-25-26)28-14(2)19(27)22-21-10-15-7-16(11-21)9-17(8-15)12-21/h3-6,14-17H,7-12H2,1-2H3,(H,22,27)/t14-,15?,16?,17?,21?/m0/s1. The van der Waals surface area contributed by atoms with Crippen LogP contribution in [0.15, 0.2) is 29.4 Å². The van der Waals surface area contributed by atoms with Crippen molar-refractivity contribution in [2.45, 2.75) is 68.3 Å². The number of aryl methyl sites for hydroxylation is 1. The van der Waals surface area contributed by atoms with Crippen molar-refractivity contribution in [2.24, 2.45) is 17.8 Å². The van der Waals surface area contributed by atoms with Crippen molar-refractivity contribution in [3.63, 3.8) is 0 Å². The molecular formula is C21H27N5OS. The van der Waals surface area contributed by atoms with Crippen LogP contribution in [0.4, 0.5) is 0 Å².